The Labute approximate surface area is 117 Å². The summed E-state index contributed by atoms with van der Waals surface area (Å²) < 4.78 is 49.0. The molecule has 8 nitrogen and oxygen atoms in total. The third-order valence-corrected chi connectivity index (χ3v) is 6.33. The van der Waals surface area contributed by atoms with E-state index in [4.69, 9.17) is 5.84 Å². The maximum Gasteiger partial charge on any atom is 0.242 e. The van der Waals surface area contributed by atoms with E-state index in [1.807, 2.05) is 0 Å². The molecule has 1 aromatic heterocycles. The number of hydrogen-bond donors (Lipinski definition) is 3. The van der Waals surface area contributed by atoms with Gasteiger partial charge in [-0.05, 0) is 24.5 Å². The predicted octanol–water partition coefficient (Wildman–Crippen LogP) is -0.920. The van der Waals surface area contributed by atoms with Gasteiger partial charge in [-0.25, -0.2) is 32.4 Å². The first kappa shape index (κ1) is 15.2. The maximum absolute atomic E-state index is 12.0. The zero-order valence-electron chi connectivity index (χ0n) is 10.6. The molecule has 2 heterocycles. The smallest absolute Gasteiger partial charge is 0.242 e. The van der Waals surface area contributed by atoms with Crippen LogP contribution >= 0.6 is 0 Å². The zero-order valence-corrected chi connectivity index (χ0v) is 12.2. The number of pyridine rings is 1. The normalized spacial score (nSPS) is 21.8. The van der Waals surface area contributed by atoms with Crippen LogP contribution in [0.25, 0.3) is 0 Å². The van der Waals surface area contributed by atoms with Gasteiger partial charge in [0.1, 0.15) is 10.7 Å². The SMILES string of the molecule is NNc1ccc(S(=O)(=O)NCC2CCS(=O)(=O)C2)cn1. The third kappa shape index (κ3) is 3.66. The van der Waals surface area contributed by atoms with Gasteiger partial charge in [-0.3, -0.25) is 0 Å². The number of nitrogen functional groups attached to an aromatic ring is 1. The van der Waals surface area contributed by atoms with Gasteiger partial charge in [-0.15, -0.1) is 0 Å². The highest BCUT2D eigenvalue weighted by Crippen LogP contribution is 2.18. The summed E-state index contributed by atoms with van der Waals surface area (Å²) in [4.78, 5) is 3.83. The molecule has 0 saturated carbocycles. The zero-order chi connectivity index (χ0) is 14.8. The Hall–Kier alpha value is -1.23. The first-order valence-corrected chi connectivity index (χ1v) is 9.25. The number of hydrogen-bond acceptors (Lipinski definition) is 7. The van der Waals surface area contributed by atoms with Crippen molar-refractivity contribution in [2.24, 2.45) is 11.8 Å². The number of nitrogens with zero attached hydrogens (tertiary/aromatic N) is 1. The molecule has 4 N–H and O–H groups in total. The number of sulfone groups is 1. The van der Waals surface area contributed by atoms with E-state index in [9.17, 15) is 16.8 Å². The van der Waals surface area contributed by atoms with Crippen LogP contribution < -0.4 is 16.0 Å². The Morgan fingerprint density at radius 2 is 2.15 bits per heavy atom. The average molecular weight is 320 g/mol. The second kappa shape index (κ2) is 5.64. The summed E-state index contributed by atoms with van der Waals surface area (Å²) in [6, 6.07) is 2.81. The number of anilines is 1. The minimum atomic E-state index is -3.69. The van der Waals surface area contributed by atoms with Gasteiger partial charge in [0.25, 0.3) is 0 Å². The van der Waals surface area contributed by atoms with Crippen LogP contribution in [-0.4, -0.2) is 39.9 Å². The molecule has 2 rings (SSSR count). The monoisotopic (exact) mass is 320 g/mol. The molecule has 0 spiro atoms. The van der Waals surface area contributed by atoms with E-state index in [2.05, 4.69) is 15.1 Å². The van der Waals surface area contributed by atoms with E-state index in [-0.39, 0.29) is 28.9 Å². The van der Waals surface area contributed by atoms with Crippen molar-refractivity contribution < 1.29 is 16.8 Å². The lowest BCUT2D eigenvalue weighted by Gasteiger charge is -2.10. The second-order valence-corrected chi connectivity index (χ2v) is 8.64. The third-order valence-electron chi connectivity index (χ3n) is 3.08. The molecule has 1 saturated heterocycles. The fourth-order valence-corrected chi connectivity index (χ4v) is 4.89. The van der Waals surface area contributed by atoms with Gasteiger partial charge in [0.15, 0.2) is 9.84 Å². The first-order valence-electron chi connectivity index (χ1n) is 5.95. The second-order valence-electron chi connectivity index (χ2n) is 4.64. The van der Waals surface area contributed by atoms with Crippen LogP contribution in [0.3, 0.4) is 0 Å². The van der Waals surface area contributed by atoms with Crippen molar-refractivity contribution in [2.45, 2.75) is 11.3 Å². The average Bonchev–Trinajstić information content (AvgIpc) is 2.76. The molecule has 0 aromatic carbocycles. The van der Waals surface area contributed by atoms with Crippen molar-refractivity contribution >= 4 is 25.7 Å². The summed E-state index contributed by atoms with van der Waals surface area (Å²) in [5, 5.41) is 0. The van der Waals surface area contributed by atoms with Crippen LogP contribution in [0.2, 0.25) is 0 Å². The Morgan fingerprint density at radius 3 is 2.65 bits per heavy atom. The van der Waals surface area contributed by atoms with Gasteiger partial charge < -0.3 is 5.43 Å². The van der Waals surface area contributed by atoms with Gasteiger partial charge in [0, 0.05) is 12.7 Å². The molecule has 1 aliphatic heterocycles. The van der Waals surface area contributed by atoms with Crippen molar-refractivity contribution in [3.8, 4) is 0 Å². The Bertz CT molecular complexity index is 670. The van der Waals surface area contributed by atoms with E-state index < -0.39 is 19.9 Å². The van der Waals surface area contributed by atoms with Gasteiger partial charge in [0.2, 0.25) is 10.0 Å². The molecule has 1 aliphatic rings. The van der Waals surface area contributed by atoms with Crippen molar-refractivity contribution in [3.63, 3.8) is 0 Å². The minimum absolute atomic E-state index is 0.0114. The van der Waals surface area contributed by atoms with E-state index in [0.717, 1.165) is 0 Å². The van der Waals surface area contributed by atoms with Gasteiger partial charge in [0.05, 0.1) is 11.5 Å². The lowest BCUT2D eigenvalue weighted by atomic mass is 10.1. The topological polar surface area (TPSA) is 131 Å². The molecule has 0 aliphatic carbocycles. The number of rotatable bonds is 5. The molecule has 1 atom stereocenters. The van der Waals surface area contributed by atoms with Crippen molar-refractivity contribution in [2.75, 3.05) is 23.5 Å². The quantitative estimate of drug-likeness (QED) is 0.472. The van der Waals surface area contributed by atoms with Gasteiger partial charge in [-0.2, -0.15) is 0 Å². The fourth-order valence-electron chi connectivity index (χ4n) is 1.97. The first-order chi connectivity index (χ1) is 9.32. The predicted molar refractivity (Wildman–Crippen MR) is 74.0 cm³/mol. The molecule has 0 bridgehead atoms. The van der Waals surface area contributed by atoms with Gasteiger partial charge >= 0.3 is 0 Å². The van der Waals surface area contributed by atoms with Crippen LogP contribution in [0.4, 0.5) is 5.82 Å². The molecule has 10 heteroatoms. The summed E-state index contributed by atoms with van der Waals surface area (Å²) in [7, 11) is -6.69. The molecule has 1 unspecified atom stereocenters. The highest BCUT2D eigenvalue weighted by molar-refractivity contribution is 7.91. The lowest BCUT2D eigenvalue weighted by Crippen LogP contribution is -2.30. The van der Waals surface area contributed by atoms with Crippen molar-refractivity contribution in [1.82, 2.24) is 9.71 Å². The molecule has 20 heavy (non-hydrogen) atoms. The summed E-state index contributed by atoms with van der Waals surface area (Å²) in [6.45, 7) is 0.110. The van der Waals surface area contributed by atoms with E-state index in [0.29, 0.717) is 12.2 Å². The molecule has 1 fully saturated rings. The van der Waals surface area contributed by atoms with Crippen LogP contribution in [0.5, 0.6) is 0 Å². The van der Waals surface area contributed by atoms with Gasteiger partial charge in [-0.1, -0.05) is 0 Å². The number of sulfonamides is 1. The minimum Gasteiger partial charge on any atom is -0.308 e. The van der Waals surface area contributed by atoms with E-state index >= 15 is 0 Å². The standard InChI is InChI=1S/C10H16N4O4S2/c11-14-10-2-1-9(6-12-10)20(17,18)13-5-8-3-4-19(15,16)7-8/h1-2,6,8,13H,3-5,7,11H2,(H,12,14). The molecule has 112 valence electrons. The maximum atomic E-state index is 12.0. The number of hydrazine groups is 1. The number of nitrogens with one attached hydrogen (secondary N) is 2. The van der Waals surface area contributed by atoms with Crippen molar-refractivity contribution in [1.29, 1.82) is 0 Å². The van der Waals surface area contributed by atoms with Crippen molar-refractivity contribution in [3.05, 3.63) is 18.3 Å². The fraction of sp³-hybridized carbons (Fsp3) is 0.500. The molecular weight excluding hydrogens is 304 g/mol. The van der Waals surface area contributed by atoms with Crippen LogP contribution in [0, 0.1) is 5.92 Å². The summed E-state index contributed by atoms with van der Waals surface area (Å²) >= 11 is 0. The van der Waals surface area contributed by atoms with Crippen LogP contribution in [0.15, 0.2) is 23.2 Å². The van der Waals surface area contributed by atoms with Crippen LogP contribution in [-0.2, 0) is 19.9 Å². The Balaban J connectivity index is 2.00. The van der Waals surface area contributed by atoms with E-state index in [1.165, 1.54) is 18.3 Å². The number of aromatic nitrogens is 1. The summed E-state index contributed by atoms with van der Waals surface area (Å²) in [5.41, 5.74) is 2.30. The highest BCUT2D eigenvalue weighted by Gasteiger charge is 2.29. The largest absolute Gasteiger partial charge is 0.308 e. The highest BCUT2D eigenvalue weighted by atomic mass is 32.2. The molecule has 0 amide bonds. The number of nitrogens with two attached hydrogens (primary N) is 1. The summed E-state index contributed by atoms with van der Waals surface area (Å²) in [5.74, 6) is 5.47. The summed E-state index contributed by atoms with van der Waals surface area (Å²) in [6.07, 6.45) is 1.67. The van der Waals surface area contributed by atoms with E-state index in [1.54, 1.807) is 0 Å². The Kier molecular flexibility index (Phi) is 4.28. The lowest BCUT2D eigenvalue weighted by molar-refractivity contribution is 0.543. The molecular formula is C10H16N4O4S2. The molecule has 1 aromatic rings. The molecule has 0 radical (unpaired) electrons. The Morgan fingerprint density at radius 1 is 1.40 bits per heavy atom. The van der Waals surface area contributed by atoms with Crippen LogP contribution in [0.1, 0.15) is 6.42 Å².